The number of rotatable bonds is 6. The van der Waals surface area contributed by atoms with E-state index in [0.29, 0.717) is 17.2 Å². The predicted molar refractivity (Wildman–Crippen MR) is 80.1 cm³/mol. The molecular formula is C12H16N4O2S2. The minimum Gasteiger partial charge on any atom is -0.323 e. The van der Waals surface area contributed by atoms with Gasteiger partial charge in [-0.15, -0.1) is 11.3 Å². The summed E-state index contributed by atoms with van der Waals surface area (Å²) in [5, 5.41) is 2.11. The molecule has 8 heteroatoms. The first-order valence-corrected chi connectivity index (χ1v) is 8.60. The third-order valence-electron chi connectivity index (χ3n) is 2.64. The van der Waals surface area contributed by atoms with Gasteiger partial charge in [0, 0.05) is 23.8 Å². The van der Waals surface area contributed by atoms with Crippen LogP contribution in [0.2, 0.25) is 0 Å². The van der Waals surface area contributed by atoms with E-state index in [-0.39, 0.29) is 11.8 Å². The van der Waals surface area contributed by atoms with Gasteiger partial charge in [0.15, 0.2) is 5.13 Å². The topological polar surface area (TPSA) is 98.0 Å². The lowest BCUT2D eigenvalue weighted by atomic mass is 10.2. The minimum atomic E-state index is -3.41. The van der Waals surface area contributed by atoms with Crippen LogP contribution in [0.1, 0.15) is 24.2 Å². The maximum Gasteiger partial charge on any atom is 0.234 e. The zero-order valence-electron chi connectivity index (χ0n) is 11.0. The molecule has 2 rings (SSSR count). The SMILES string of the molecule is CC(N)c1csc(NS(=O)(=O)CCc2ccncc2)n1. The summed E-state index contributed by atoms with van der Waals surface area (Å²) >= 11 is 1.24. The number of hydrogen-bond acceptors (Lipinski definition) is 6. The van der Waals surface area contributed by atoms with Gasteiger partial charge in [-0.2, -0.15) is 0 Å². The molecular weight excluding hydrogens is 296 g/mol. The van der Waals surface area contributed by atoms with Crippen LogP contribution in [-0.2, 0) is 16.4 Å². The quantitative estimate of drug-likeness (QED) is 0.843. The molecule has 1 unspecified atom stereocenters. The van der Waals surface area contributed by atoms with Crippen LogP contribution < -0.4 is 10.5 Å². The third-order valence-corrected chi connectivity index (χ3v) is 4.79. The van der Waals surface area contributed by atoms with Crippen LogP contribution in [0, 0.1) is 0 Å². The molecule has 108 valence electrons. The van der Waals surface area contributed by atoms with Crippen molar-refractivity contribution in [1.82, 2.24) is 9.97 Å². The van der Waals surface area contributed by atoms with Gasteiger partial charge in [-0.3, -0.25) is 9.71 Å². The van der Waals surface area contributed by atoms with Gasteiger partial charge < -0.3 is 5.73 Å². The van der Waals surface area contributed by atoms with Crippen molar-refractivity contribution in [2.75, 3.05) is 10.5 Å². The second kappa shape index (κ2) is 6.29. The van der Waals surface area contributed by atoms with Gasteiger partial charge in [-0.05, 0) is 31.0 Å². The van der Waals surface area contributed by atoms with E-state index in [2.05, 4.69) is 14.7 Å². The summed E-state index contributed by atoms with van der Waals surface area (Å²) in [6.45, 7) is 1.80. The van der Waals surface area contributed by atoms with E-state index in [1.807, 2.05) is 0 Å². The molecule has 0 aliphatic rings. The van der Waals surface area contributed by atoms with E-state index in [1.165, 1.54) is 11.3 Å². The van der Waals surface area contributed by atoms with Crippen LogP contribution in [-0.4, -0.2) is 24.1 Å². The first-order valence-electron chi connectivity index (χ1n) is 6.07. The molecule has 6 nitrogen and oxygen atoms in total. The molecule has 0 aliphatic heterocycles. The fourth-order valence-corrected chi connectivity index (χ4v) is 3.68. The summed E-state index contributed by atoms with van der Waals surface area (Å²) in [4.78, 5) is 8.03. The average molecular weight is 312 g/mol. The number of nitrogens with zero attached hydrogens (tertiary/aromatic N) is 2. The lowest BCUT2D eigenvalue weighted by molar-refractivity contribution is 0.600. The second-order valence-corrected chi connectivity index (χ2v) is 7.09. The lowest BCUT2D eigenvalue weighted by Crippen LogP contribution is -2.18. The number of nitrogens with two attached hydrogens (primary N) is 1. The zero-order chi connectivity index (χ0) is 14.6. The van der Waals surface area contributed by atoms with Crippen LogP contribution in [0.5, 0.6) is 0 Å². The molecule has 0 radical (unpaired) electrons. The monoisotopic (exact) mass is 312 g/mol. The molecule has 0 aromatic carbocycles. The molecule has 0 saturated heterocycles. The largest absolute Gasteiger partial charge is 0.323 e. The normalized spacial score (nSPS) is 13.1. The Balaban J connectivity index is 1.96. The number of pyridine rings is 1. The van der Waals surface area contributed by atoms with Crippen molar-refractivity contribution in [3.05, 3.63) is 41.2 Å². The third kappa shape index (κ3) is 4.26. The van der Waals surface area contributed by atoms with Crippen LogP contribution >= 0.6 is 11.3 Å². The fourth-order valence-electron chi connectivity index (χ4n) is 1.53. The highest BCUT2D eigenvalue weighted by molar-refractivity contribution is 7.92. The van der Waals surface area contributed by atoms with E-state index in [0.717, 1.165) is 5.56 Å². The Kier molecular flexibility index (Phi) is 4.69. The molecule has 1 atom stereocenters. The molecule has 0 aliphatic carbocycles. The van der Waals surface area contributed by atoms with Gasteiger partial charge in [0.2, 0.25) is 10.0 Å². The highest BCUT2D eigenvalue weighted by atomic mass is 32.2. The Morgan fingerprint density at radius 2 is 2.10 bits per heavy atom. The zero-order valence-corrected chi connectivity index (χ0v) is 12.6. The van der Waals surface area contributed by atoms with Crippen LogP contribution in [0.4, 0.5) is 5.13 Å². The molecule has 2 heterocycles. The van der Waals surface area contributed by atoms with E-state index in [9.17, 15) is 8.42 Å². The Hall–Kier alpha value is -1.51. The van der Waals surface area contributed by atoms with Crippen molar-refractivity contribution < 1.29 is 8.42 Å². The summed E-state index contributed by atoms with van der Waals surface area (Å²) in [6, 6.07) is 3.39. The van der Waals surface area contributed by atoms with Crippen LogP contribution in [0.15, 0.2) is 29.9 Å². The number of aryl methyl sites for hydroxylation is 1. The van der Waals surface area contributed by atoms with Crippen molar-refractivity contribution in [2.45, 2.75) is 19.4 Å². The van der Waals surface area contributed by atoms with Gasteiger partial charge in [0.05, 0.1) is 11.4 Å². The number of hydrogen-bond donors (Lipinski definition) is 2. The summed E-state index contributed by atoms with van der Waals surface area (Å²) in [5.41, 5.74) is 7.30. The van der Waals surface area contributed by atoms with E-state index >= 15 is 0 Å². The summed E-state index contributed by atoms with van der Waals surface area (Å²) in [5.74, 6) is 0.00407. The average Bonchev–Trinajstić information content (AvgIpc) is 2.86. The van der Waals surface area contributed by atoms with Gasteiger partial charge in [-0.1, -0.05) is 0 Å². The molecule has 0 spiro atoms. The highest BCUT2D eigenvalue weighted by Gasteiger charge is 2.14. The molecule has 0 saturated carbocycles. The number of anilines is 1. The van der Waals surface area contributed by atoms with E-state index in [4.69, 9.17) is 5.73 Å². The Bertz CT molecular complexity index is 653. The van der Waals surface area contributed by atoms with Gasteiger partial charge >= 0.3 is 0 Å². The lowest BCUT2D eigenvalue weighted by Gasteiger charge is -2.05. The summed E-state index contributed by atoms with van der Waals surface area (Å²) in [7, 11) is -3.41. The molecule has 2 aromatic heterocycles. The maximum absolute atomic E-state index is 12.0. The predicted octanol–water partition coefficient (Wildman–Crippen LogP) is 1.54. The van der Waals surface area contributed by atoms with Crippen molar-refractivity contribution in [1.29, 1.82) is 0 Å². The first-order chi connectivity index (χ1) is 9.46. The molecule has 0 fully saturated rings. The van der Waals surface area contributed by atoms with Crippen molar-refractivity contribution in [2.24, 2.45) is 5.73 Å². The summed E-state index contributed by atoms with van der Waals surface area (Å²) in [6.07, 6.45) is 3.72. The standard InChI is InChI=1S/C12H16N4O2S2/c1-9(13)11-8-19-12(15-11)16-20(17,18)7-4-10-2-5-14-6-3-10/h2-3,5-6,8-9H,4,7,13H2,1H3,(H,15,16). The van der Waals surface area contributed by atoms with Crippen molar-refractivity contribution >= 4 is 26.5 Å². The molecule has 3 N–H and O–H groups in total. The molecule has 20 heavy (non-hydrogen) atoms. The van der Waals surface area contributed by atoms with Crippen molar-refractivity contribution in [3.8, 4) is 0 Å². The Morgan fingerprint density at radius 3 is 2.70 bits per heavy atom. The Labute approximate surface area is 122 Å². The number of sulfonamides is 1. The van der Waals surface area contributed by atoms with Crippen LogP contribution in [0.25, 0.3) is 0 Å². The number of aromatic nitrogens is 2. The molecule has 0 bridgehead atoms. The molecule has 2 aromatic rings. The number of thiazole rings is 1. The van der Waals surface area contributed by atoms with Crippen LogP contribution in [0.3, 0.4) is 0 Å². The maximum atomic E-state index is 12.0. The summed E-state index contributed by atoms with van der Waals surface area (Å²) < 4.78 is 26.4. The number of nitrogens with one attached hydrogen (secondary N) is 1. The second-order valence-electron chi connectivity index (χ2n) is 4.39. The smallest absolute Gasteiger partial charge is 0.234 e. The molecule has 0 amide bonds. The van der Waals surface area contributed by atoms with Crippen molar-refractivity contribution in [3.63, 3.8) is 0 Å². The highest BCUT2D eigenvalue weighted by Crippen LogP contribution is 2.20. The van der Waals surface area contributed by atoms with Gasteiger partial charge in [-0.25, -0.2) is 13.4 Å². The minimum absolute atomic E-state index is 0.00407. The Morgan fingerprint density at radius 1 is 1.40 bits per heavy atom. The van der Waals surface area contributed by atoms with Gasteiger partial charge in [0.1, 0.15) is 0 Å². The van der Waals surface area contributed by atoms with E-state index < -0.39 is 10.0 Å². The first kappa shape index (κ1) is 14.9. The van der Waals surface area contributed by atoms with E-state index in [1.54, 1.807) is 36.8 Å². The van der Waals surface area contributed by atoms with Gasteiger partial charge in [0.25, 0.3) is 0 Å². The fraction of sp³-hybridized carbons (Fsp3) is 0.333.